The van der Waals surface area contributed by atoms with Gasteiger partial charge in [0.15, 0.2) is 0 Å². The van der Waals surface area contributed by atoms with Crippen molar-refractivity contribution in [3.63, 3.8) is 0 Å². The number of aromatic nitrogens is 2. The summed E-state index contributed by atoms with van der Waals surface area (Å²) >= 11 is 0. The van der Waals surface area contributed by atoms with E-state index >= 15 is 0 Å². The maximum absolute atomic E-state index is 4.59. The molecule has 5 rings (SSSR count). The minimum absolute atomic E-state index is 0.354. The molecule has 3 heteroatoms. The van der Waals surface area contributed by atoms with Crippen LogP contribution in [0.5, 0.6) is 0 Å². The van der Waals surface area contributed by atoms with Crippen molar-refractivity contribution in [2.45, 2.75) is 18.4 Å². The number of hydrogen-bond acceptors (Lipinski definition) is 2. The zero-order valence-corrected chi connectivity index (χ0v) is 18.6. The van der Waals surface area contributed by atoms with Gasteiger partial charge in [-0.25, -0.2) is 0 Å². The van der Waals surface area contributed by atoms with Gasteiger partial charge in [-0.3, -0.25) is 9.58 Å². The molecule has 0 saturated carbocycles. The predicted octanol–water partition coefficient (Wildman–Crippen LogP) is 5.89. The normalized spacial score (nSPS) is 16.3. The number of piperidine rings is 1. The van der Waals surface area contributed by atoms with Crippen molar-refractivity contribution in [1.82, 2.24) is 14.7 Å². The molecule has 0 atom stereocenters. The third-order valence-corrected chi connectivity index (χ3v) is 6.46. The van der Waals surface area contributed by atoms with Crippen LogP contribution < -0.4 is 0 Å². The average Bonchev–Trinajstić information content (AvgIpc) is 3.26. The van der Waals surface area contributed by atoms with E-state index in [1.54, 1.807) is 0 Å². The topological polar surface area (TPSA) is 21.1 Å². The molecule has 4 aromatic rings. The first-order chi connectivity index (χ1) is 15.8. The van der Waals surface area contributed by atoms with Crippen molar-refractivity contribution in [2.75, 3.05) is 13.1 Å². The van der Waals surface area contributed by atoms with Gasteiger partial charge in [0.05, 0.1) is 11.2 Å². The molecule has 0 N–H and O–H groups in total. The van der Waals surface area contributed by atoms with E-state index in [-0.39, 0.29) is 5.54 Å². The molecule has 3 nitrogen and oxygen atoms in total. The van der Waals surface area contributed by atoms with Crippen LogP contribution in [0.4, 0.5) is 0 Å². The largest absolute Gasteiger partial charge is 0.282 e. The zero-order valence-electron chi connectivity index (χ0n) is 18.6. The van der Waals surface area contributed by atoms with Gasteiger partial charge in [-0.1, -0.05) is 96.6 Å². The number of nitrogens with zero attached hydrogens (tertiary/aromatic N) is 3. The predicted molar refractivity (Wildman–Crippen MR) is 131 cm³/mol. The molecule has 0 radical (unpaired) electrons. The summed E-state index contributed by atoms with van der Waals surface area (Å²) in [6.45, 7) is 1.95. The van der Waals surface area contributed by atoms with E-state index in [9.17, 15) is 0 Å². The maximum Gasteiger partial charge on any atom is 0.0975 e. The van der Waals surface area contributed by atoms with Crippen molar-refractivity contribution >= 4 is 6.08 Å². The van der Waals surface area contributed by atoms with Gasteiger partial charge in [-0.2, -0.15) is 5.10 Å². The monoisotopic (exact) mass is 419 g/mol. The smallest absolute Gasteiger partial charge is 0.0975 e. The first-order valence-corrected chi connectivity index (χ1v) is 11.4. The zero-order chi connectivity index (χ0) is 21.8. The quantitative estimate of drug-likeness (QED) is 0.376. The highest BCUT2D eigenvalue weighted by Gasteiger charge is 2.42. The van der Waals surface area contributed by atoms with Crippen LogP contribution in [0.25, 0.3) is 6.08 Å². The molecular formula is C29H29N3. The molecule has 160 valence electrons. The number of aryl methyl sites for hydroxylation is 1. The van der Waals surface area contributed by atoms with Crippen LogP contribution in [0.1, 0.15) is 35.2 Å². The Labute approximate surface area is 190 Å². The summed E-state index contributed by atoms with van der Waals surface area (Å²) in [5.74, 6) is 0. The summed E-state index contributed by atoms with van der Waals surface area (Å²) < 4.78 is 1.87. The van der Waals surface area contributed by atoms with Crippen molar-refractivity contribution in [3.8, 4) is 0 Å². The molecule has 0 spiro atoms. The van der Waals surface area contributed by atoms with E-state index in [0.29, 0.717) is 0 Å². The lowest BCUT2D eigenvalue weighted by atomic mass is 9.74. The molecule has 3 aromatic carbocycles. The Hall–Kier alpha value is -3.43. The molecule has 1 aromatic heterocycles. The first kappa shape index (κ1) is 20.5. The van der Waals surface area contributed by atoms with Gasteiger partial charge in [0.25, 0.3) is 0 Å². The molecule has 0 bridgehead atoms. The van der Waals surface area contributed by atoms with Crippen molar-refractivity contribution in [3.05, 3.63) is 131 Å². The fraction of sp³-hybridized carbons (Fsp3) is 0.207. The molecule has 0 amide bonds. The minimum atomic E-state index is -0.354. The molecule has 1 saturated heterocycles. The third kappa shape index (κ3) is 3.80. The van der Waals surface area contributed by atoms with Crippen molar-refractivity contribution < 1.29 is 0 Å². The summed E-state index contributed by atoms with van der Waals surface area (Å²) in [6.07, 6.45) is 6.53. The van der Waals surface area contributed by atoms with Gasteiger partial charge in [0.1, 0.15) is 0 Å². The highest BCUT2D eigenvalue weighted by atomic mass is 15.2. The molecule has 0 unspecified atom stereocenters. The van der Waals surface area contributed by atoms with E-state index in [4.69, 9.17) is 0 Å². The first-order valence-electron chi connectivity index (χ1n) is 11.4. The van der Waals surface area contributed by atoms with E-state index < -0.39 is 0 Å². The second-order valence-electron chi connectivity index (χ2n) is 8.55. The van der Waals surface area contributed by atoms with Crippen molar-refractivity contribution in [2.24, 2.45) is 7.05 Å². The highest BCUT2D eigenvalue weighted by Crippen LogP contribution is 2.44. The van der Waals surface area contributed by atoms with Crippen LogP contribution in [-0.4, -0.2) is 27.8 Å². The number of likely N-dealkylation sites (tertiary alicyclic amines) is 1. The SMILES string of the molecule is Cn1ccc(/C=C2\CCCN(C(c3ccccc3)(c3ccccc3)c3ccccc3)C2)n1. The van der Waals surface area contributed by atoms with E-state index in [1.807, 2.05) is 17.9 Å². The lowest BCUT2D eigenvalue weighted by molar-refractivity contribution is 0.153. The Kier molecular flexibility index (Phi) is 5.74. The summed E-state index contributed by atoms with van der Waals surface area (Å²) in [7, 11) is 1.97. The number of hydrogen-bond donors (Lipinski definition) is 0. The molecular weight excluding hydrogens is 390 g/mol. The van der Waals surface area contributed by atoms with Crippen molar-refractivity contribution in [1.29, 1.82) is 0 Å². The van der Waals surface area contributed by atoms with Gasteiger partial charge in [0, 0.05) is 26.3 Å². The summed E-state index contributed by atoms with van der Waals surface area (Å²) in [5, 5.41) is 4.59. The van der Waals surface area contributed by atoms with E-state index in [2.05, 4.69) is 113 Å². The van der Waals surface area contributed by atoms with Crippen LogP contribution in [0, 0.1) is 0 Å². The van der Waals surface area contributed by atoms with Crippen LogP contribution >= 0.6 is 0 Å². The number of rotatable bonds is 5. The second-order valence-corrected chi connectivity index (χ2v) is 8.55. The third-order valence-electron chi connectivity index (χ3n) is 6.46. The van der Waals surface area contributed by atoms with E-state index in [0.717, 1.165) is 31.6 Å². The maximum atomic E-state index is 4.59. The fourth-order valence-electron chi connectivity index (χ4n) is 5.11. The molecule has 0 aliphatic carbocycles. The van der Waals surface area contributed by atoms with Crippen LogP contribution in [0.15, 0.2) is 109 Å². The van der Waals surface area contributed by atoms with Gasteiger partial charge in [-0.15, -0.1) is 0 Å². The van der Waals surface area contributed by atoms with Crippen LogP contribution in [0.2, 0.25) is 0 Å². The Morgan fingerprint density at radius 1 is 0.750 bits per heavy atom. The highest BCUT2D eigenvalue weighted by molar-refractivity contribution is 5.53. The summed E-state index contributed by atoms with van der Waals surface area (Å²) in [4.78, 5) is 2.66. The Balaban J connectivity index is 1.68. The van der Waals surface area contributed by atoms with Gasteiger partial charge < -0.3 is 0 Å². The fourth-order valence-corrected chi connectivity index (χ4v) is 5.11. The van der Waals surface area contributed by atoms with Crippen LogP contribution in [0.3, 0.4) is 0 Å². The second kappa shape index (κ2) is 8.97. The minimum Gasteiger partial charge on any atom is -0.282 e. The van der Waals surface area contributed by atoms with Crippen LogP contribution in [-0.2, 0) is 12.6 Å². The lowest BCUT2D eigenvalue weighted by Gasteiger charge is -2.48. The van der Waals surface area contributed by atoms with Gasteiger partial charge in [0.2, 0.25) is 0 Å². The molecule has 32 heavy (non-hydrogen) atoms. The lowest BCUT2D eigenvalue weighted by Crippen LogP contribution is -2.50. The van der Waals surface area contributed by atoms with Gasteiger partial charge >= 0.3 is 0 Å². The Morgan fingerprint density at radius 2 is 1.28 bits per heavy atom. The standard InChI is InChI=1S/C29H29N3/c1-31-21-19-28(30-31)22-24-12-11-20-32(23-24)29(25-13-5-2-6-14-25,26-15-7-3-8-16-26)27-17-9-4-10-18-27/h2-10,13-19,21-22H,11-12,20,23H2,1H3/b24-22+. The summed E-state index contributed by atoms with van der Waals surface area (Å²) in [6, 6.07) is 35.0. The van der Waals surface area contributed by atoms with E-state index in [1.165, 1.54) is 22.3 Å². The number of benzene rings is 3. The Morgan fingerprint density at radius 3 is 1.75 bits per heavy atom. The Bertz CT molecular complexity index is 1080. The van der Waals surface area contributed by atoms with Gasteiger partial charge in [-0.05, 0) is 41.7 Å². The molecule has 1 aliphatic heterocycles. The average molecular weight is 420 g/mol. The molecule has 1 aliphatic rings. The molecule has 2 heterocycles. The molecule has 1 fully saturated rings. The summed E-state index contributed by atoms with van der Waals surface area (Å²) in [5.41, 5.74) is 6.02.